The van der Waals surface area contributed by atoms with Crippen LogP contribution >= 0.6 is 11.3 Å². The lowest BCUT2D eigenvalue weighted by atomic mass is 10.1. The van der Waals surface area contributed by atoms with Crippen molar-refractivity contribution in [1.29, 1.82) is 0 Å². The second kappa shape index (κ2) is 14.3. The number of carbonyl (C=O) groups is 1. The fourth-order valence-electron chi connectivity index (χ4n) is 4.82. The number of carboxylic acid groups (broad SMARTS) is 1. The molecule has 2 N–H and O–H groups in total. The van der Waals surface area contributed by atoms with Crippen molar-refractivity contribution in [2.24, 2.45) is 0 Å². The second-order valence-electron chi connectivity index (χ2n) is 10.4. The Bertz CT molecular complexity index is 1390. The van der Waals surface area contributed by atoms with E-state index in [4.69, 9.17) is 5.11 Å². The van der Waals surface area contributed by atoms with Crippen LogP contribution in [0.2, 0.25) is 0 Å². The lowest BCUT2D eigenvalue weighted by molar-refractivity contribution is -0.138. The smallest absolute Gasteiger partial charge is 0.416 e. The van der Waals surface area contributed by atoms with Gasteiger partial charge in [-0.1, -0.05) is 25.7 Å². The number of thiazole rings is 1. The molecule has 0 saturated carbocycles. The molecule has 3 heterocycles. The molecule has 236 valence electrons. The quantitative estimate of drug-likeness (QED) is 0.227. The normalized spacial score (nSPS) is 14.1. The van der Waals surface area contributed by atoms with Crippen molar-refractivity contribution in [3.63, 3.8) is 0 Å². The first-order valence-corrected chi connectivity index (χ1v) is 14.6. The Morgan fingerprint density at radius 1 is 1.12 bits per heavy atom. The van der Waals surface area contributed by atoms with Gasteiger partial charge < -0.3 is 20.2 Å². The number of aromatic nitrogens is 3. The number of piperazine rings is 1. The van der Waals surface area contributed by atoms with Gasteiger partial charge in [0.05, 0.1) is 12.0 Å². The summed E-state index contributed by atoms with van der Waals surface area (Å²) in [6.07, 6.45) is -3.81. The molecule has 43 heavy (non-hydrogen) atoms. The number of hydrogen-bond donors (Lipinski definition) is 2. The number of benzene rings is 1. The molecule has 9 nitrogen and oxygen atoms in total. The maximum Gasteiger partial charge on any atom is 0.416 e. The van der Waals surface area contributed by atoms with E-state index in [0.29, 0.717) is 72.9 Å². The summed E-state index contributed by atoms with van der Waals surface area (Å²) in [4.78, 5) is 30.9. The van der Waals surface area contributed by atoms with E-state index in [-0.39, 0.29) is 31.1 Å². The Morgan fingerprint density at radius 3 is 2.42 bits per heavy atom. The number of aliphatic carboxylic acids is 1. The summed E-state index contributed by atoms with van der Waals surface area (Å²) in [5.74, 6) is -0.111. The Labute approximate surface area is 253 Å². The van der Waals surface area contributed by atoms with Crippen LogP contribution in [0.15, 0.2) is 24.3 Å². The minimum atomic E-state index is -4.70. The maximum atomic E-state index is 14.4. The number of hydrogen-bond acceptors (Lipinski definition) is 9. The molecule has 0 amide bonds. The van der Waals surface area contributed by atoms with Gasteiger partial charge in [0.25, 0.3) is 0 Å². The summed E-state index contributed by atoms with van der Waals surface area (Å²) in [6.45, 7) is 11.6. The van der Waals surface area contributed by atoms with E-state index < -0.39 is 23.5 Å². The Kier molecular flexibility index (Phi) is 11.3. The molecule has 4 rings (SSSR count). The number of anilines is 4. The first-order valence-electron chi connectivity index (χ1n) is 13.8. The molecule has 3 aromatic rings. The number of aryl methyl sites for hydroxylation is 1. The molecule has 14 heteroatoms. The molecule has 0 radical (unpaired) electrons. The Balaban J connectivity index is 0.00000506. The highest BCUT2D eigenvalue weighted by Crippen LogP contribution is 2.42. The van der Waals surface area contributed by atoms with Gasteiger partial charge in [-0.2, -0.15) is 13.2 Å². The fourth-order valence-corrected chi connectivity index (χ4v) is 5.97. The molecule has 0 unspecified atom stereocenters. The molecule has 0 atom stereocenters. The molecule has 0 spiro atoms. The van der Waals surface area contributed by atoms with E-state index in [1.54, 1.807) is 13.0 Å². The van der Waals surface area contributed by atoms with Gasteiger partial charge in [0, 0.05) is 56.9 Å². The predicted octanol–water partition coefficient (Wildman–Crippen LogP) is 6.67. The highest BCUT2D eigenvalue weighted by Gasteiger charge is 2.32. The zero-order chi connectivity index (χ0) is 30.6. The Morgan fingerprint density at radius 2 is 1.81 bits per heavy atom. The third-order valence-corrected chi connectivity index (χ3v) is 7.86. The summed E-state index contributed by atoms with van der Waals surface area (Å²) in [5.41, 5.74) is -0.765. The third kappa shape index (κ3) is 8.75. The molecule has 0 bridgehead atoms. The first-order chi connectivity index (χ1) is 19.8. The van der Waals surface area contributed by atoms with Gasteiger partial charge in [-0.25, -0.2) is 19.3 Å². The summed E-state index contributed by atoms with van der Waals surface area (Å²) in [6, 6.07) is 4.30. The monoisotopic (exact) mass is 625 g/mol. The van der Waals surface area contributed by atoms with E-state index in [1.807, 2.05) is 20.8 Å². The summed E-state index contributed by atoms with van der Waals surface area (Å²) >= 11 is 1.27. The van der Waals surface area contributed by atoms with Crippen LogP contribution in [-0.2, 0) is 11.0 Å². The van der Waals surface area contributed by atoms with E-state index >= 15 is 0 Å². The van der Waals surface area contributed by atoms with Gasteiger partial charge in [-0.05, 0) is 45.4 Å². The van der Waals surface area contributed by atoms with Gasteiger partial charge in [0.2, 0.25) is 0 Å². The summed E-state index contributed by atoms with van der Waals surface area (Å²) in [5, 5.41) is 13.2. The van der Waals surface area contributed by atoms with Crippen LogP contribution in [0.5, 0.6) is 0 Å². The van der Waals surface area contributed by atoms with Crippen molar-refractivity contribution < 1.29 is 27.5 Å². The molecule has 1 saturated heterocycles. The van der Waals surface area contributed by atoms with Crippen LogP contribution < -0.4 is 15.1 Å². The average molecular weight is 626 g/mol. The largest absolute Gasteiger partial charge is 0.481 e. The zero-order valence-electron chi connectivity index (χ0n) is 24.0. The van der Waals surface area contributed by atoms with Crippen molar-refractivity contribution in [3.8, 4) is 11.3 Å². The summed E-state index contributed by atoms with van der Waals surface area (Å²) in [7, 11) is 0. The van der Waals surface area contributed by atoms with Crippen molar-refractivity contribution >= 4 is 39.1 Å². The second-order valence-corrected chi connectivity index (χ2v) is 11.4. The highest BCUT2D eigenvalue weighted by atomic mass is 32.1. The van der Waals surface area contributed by atoms with E-state index in [2.05, 4.69) is 35.0 Å². The van der Waals surface area contributed by atoms with Crippen LogP contribution in [0.25, 0.3) is 11.3 Å². The van der Waals surface area contributed by atoms with Crippen molar-refractivity contribution in [1.82, 2.24) is 19.9 Å². The van der Waals surface area contributed by atoms with Gasteiger partial charge >= 0.3 is 12.1 Å². The molecule has 0 aliphatic carbocycles. The number of nitrogens with zero attached hydrogens (tertiary/aromatic N) is 6. The minimum Gasteiger partial charge on any atom is -0.481 e. The topological polar surface area (TPSA) is 97.7 Å². The number of alkyl halides is 3. The number of carboxylic acids is 1. The third-order valence-electron chi connectivity index (χ3n) is 6.85. The van der Waals surface area contributed by atoms with E-state index in [0.717, 1.165) is 18.6 Å². The highest BCUT2D eigenvalue weighted by molar-refractivity contribution is 7.20. The van der Waals surface area contributed by atoms with Gasteiger partial charge in [-0.15, -0.1) is 0 Å². The Hall–Kier alpha value is -3.52. The van der Waals surface area contributed by atoms with Crippen LogP contribution in [0.3, 0.4) is 0 Å². The molecule has 1 aliphatic rings. The minimum absolute atomic E-state index is 0. The molecule has 2 aromatic heterocycles. The number of halogens is 4. The summed E-state index contributed by atoms with van der Waals surface area (Å²) < 4.78 is 55.0. The predicted molar refractivity (Wildman–Crippen MR) is 163 cm³/mol. The SMILES string of the molecule is C.CCCN(c1sc(Nc2cc(N3CCN(CCC(=O)O)CC3)nc(C)n2)nc1-c1cc(F)cc(C(F)(F)F)c1)C(C)C. The molecule has 1 aliphatic heterocycles. The number of rotatable bonds is 11. The first kappa shape index (κ1) is 34.0. The van der Waals surface area contributed by atoms with Gasteiger partial charge in [0.1, 0.15) is 34.0 Å². The van der Waals surface area contributed by atoms with Crippen LogP contribution in [0.1, 0.15) is 52.4 Å². The van der Waals surface area contributed by atoms with Crippen LogP contribution in [0.4, 0.5) is 39.3 Å². The molecular formula is C29H39F4N7O2S. The van der Waals surface area contributed by atoms with Crippen LogP contribution in [0, 0.1) is 12.7 Å². The number of nitrogens with one attached hydrogen (secondary N) is 1. The zero-order valence-corrected chi connectivity index (χ0v) is 24.8. The molecular weight excluding hydrogens is 586 g/mol. The lowest BCUT2D eigenvalue weighted by Crippen LogP contribution is -2.47. The van der Waals surface area contributed by atoms with Crippen molar-refractivity contribution in [3.05, 3.63) is 41.5 Å². The van der Waals surface area contributed by atoms with E-state index in [1.165, 1.54) is 11.3 Å². The molecule has 1 aromatic carbocycles. The van der Waals surface area contributed by atoms with Gasteiger partial charge in [0.15, 0.2) is 5.13 Å². The maximum absolute atomic E-state index is 14.4. The van der Waals surface area contributed by atoms with E-state index in [9.17, 15) is 22.4 Å². The fraction of sp³-hybridized carbons (Fsp3) is 0.517. The van der Waals surface area contributed by atoms with Gasteiger partial charge in [-0.3, -0.25) is 9.69 Å². The lowest BCUT2D eigenvalue weighted by Gasteiger charge is -2.35. The van der Waals surface area contributed by atoms with Crippen molar-refractivity contribution in [2.75, 3.05) is 54.4 Å². The van der Waals surface area contributed by atoms with Crippen molar-refractivity contribution in [2.45, 2.75) is 60.2 Å². The van der Waals surface area contributed by atoms with Crippen LogP contribution in [-0.4, -0.2) is 76.2 Å². The average Bonchev–Trinajstić information content (AvgIpc) is 3.32. The standard InChI is InChI=1S/C28H35F4N7O2S.CH4/c1-5-7-39(17(2)3)26-25(19-13-20(28(30,31)32)15-21(29)14-19)36-27(42-26)35-22-16-23(34-18(4)33-22)38-11-9-37(10-12-38)8-6-24(40)41;/h13-17H,5-12H2,1-4H3,(H,40,41)(H,33,34,35,36);1H4. The molecule has 1 fully saturated rings.